The van der Waals surface area contributed by atoms with Gasteiger partial charge in [-0.1, -0.05) is 0 Å². The summed E-state index contributed by atoms with van der Waals surface area (Å²) in [6.45, 7) is 4.34. The number of hydrogen-bond donors (Lipinski definition) is 2. The molecule has 10 nitrogen and oxygen atoms in total. The Kier molecular flexibility index (Phi) is 11.2. The summed E-state index contributed by atoms with van der Waals surface area (Å²) >= 11 is 0. The van der Waals surface area contributed by atoms with Gasteiger partial charge in [-0.2, -0.15) is 26.3 Å². The van der Waals surface area contributed by atoms with Gasteiger partial charge in [-0.05, 0) is 25.5 Å². The van der Waals surface area contributed by atoms with Crippen LogP contribution in [0.15, 0.2) is 30.9 Å². The summed E-state index contributed by atoms with van der Waals surface area (Å²) in [5, 5.41) is 14.2. The van der Waals surface area contributed by atoms with Crippen LogP contribution < -0.4 is 4.90 Å². The van der Waals surface area contributed by atoms with E-state index in [1.54, 1.807) is 24.8 Å². The van der Waals surface area contributed by atoms with E-state index in [1.165, 1.54) is 5.56 Å². The number of halogens is 6. The highest BCUT2D eigenvalue weighted by molar-refractivity contribution is 5.94. The number of hydrogen-bond acceptors (Lipinski definition) is 7. The second-order valence-corrected chi connectivity index (χ2v) is 7.28. The number of anilines is 1. The van der Waals surface area contributed by atoms with Gasteiger partial charge in [0.1, 0.15) is 12.1 Å². The molecule has 1 aliphatic rings. The number of carboxylic acid groups (broad SMARTS) is 2. The van der Waals surface area contributed by atoms with Gasteiger partial charge in [0.25, 0.3) is 5.91 Å². The molecular weight excluding hydrogens is 516 g/mol. The minimum Gasteiger partial charge on any atom is -0.475 e. The number of carbonyl (C=O) groups is 3. The number of nitrogens with zero attached hydrogens (tertiary/aromatic N) is 5. The van der Waals surface area contributed by atoms with Crippen LogP contribution in [0.3, 0.4) is 0 Å². The Bertz CT molecular complexity index is 1040. The standard InChI is InChI=1S/C17H21N5O.2C2HF3O2/c1-3-21(2)16-14-6-9-22(10-7-15(14)19-12-20-16)17(23)13-5-4-8-18-11-13;2*3-2(4,5)1(6)7/h4-5,8,11-12H,3,6-7,9-10H2,1-2H3;2*(H,6,7). The van der Waals surface area contributed by atoms with Crippen molar-refractivity contribution in [2.24, 2.45) is 0 Å². The molecule has 0 bridgehead atoms. The van der Waals surface area contributed by atoms with Crippen molar-refractivity contribution in [1.29, 1.82) is 0 Å². The average Bonchev–Trinajstić information content (AvgIpc) is 3.06. The first kappa shape index (κ1) is 31.1. The number of amides is 1. The predicted molar refractivity (Wildman–Crippen MR) is 116 cm³/mol. The van der Waals surface area contributed by atoms with Gasteiger partial charge in [0.2, 0.25) is 0 Å². The first-order valence-corrected chi connectivity index (χ1v) is 10.4. The molecule has 1 aliphatic heterocycles. The molecule has 2 aromatic rings. The fraction of sp³-hybridized carbons (Fsp3) is 0.429. The van der Waals surface area contributed by atoms with Crippen LogP contribution in [0.1, 0.15) is 28.5 Å². The molecule has 0 saturated carbocycles. The van der Waals surface area contributed by atoms with Crippen molar-refractivity contribution in [1.82, 2.24) is 19.9 Å². The number of aliphatic carboxylic acids is 2. The maximum Gasteiger partial charge on any atom is 0.490 e. The van der Waals surface area contributed by atoms with E-state index in [2.05, 4.69) is 26.8 Å². The van der Waals surface area contributed by atoms with Gasteiger partial charge in [0.15, 0.2) is 0 Å². The lowest BCUT2D eigenvalue weighted by Crippen LogP contribution is -2.33. The maximum absolute atomic E-state index is 12.6. The molecule has 0 fully saturated rings. The van der Waals surface area contributed by atoms with Gasteiger partial charge in [-0.3, -0.25) is 9.78 Å². The van der Waals surface area contributed by atoms with Gasteiger partial charge in [0.05, 0.1) is 11.3 Å². The van der Waals surface area contributed by atoms with E-state index in [0.29, 0.717) is 18.7 Å². The zero-order chi connectivity index (χ0) is 28.4. The molecule has 3 rings (SSSR count). The van der Waals surface area contributed by atoms with Crippen molar-refractivity contribution in [3.05, 3.63) is 47.7 Å². The summed E-state index contributed by atoms with van der Waals surface area (Å²) in [4.78, 5) is 47.3. The van der Waals surface area contributed by atoms with E-state index in [4.69, 9.17) is 19.8 Å². The second kappa shape index (κ2) is 13.4. The third-order valence-electron chi connectivity index (χ3n) is 4.78. The Balaban J connectivity index is 0.000000404. The molecule has 0 aliphatic carbocycles. The quantitative estimate of drug-likeness (QED) is 0.564. The molecule has 1 amide bonds. The smallest absolute Gasteiger partial charge is 0.475 e. The van der Waals surface area contributed by atoms with Gasteiger partial charge < -0.3 is 20.0 Å². The number of aromatic nitrogens is 3. The lowest BCUT2D eigenvalue weighted by atomic mass is 10.1. The van der Waals surface area contributed by atoms with Gasteiger partial charge >= 0.3 is 24.3 Å². The van der Waals surface area contributed by atoms with E-state index < -0.39 is 24.3 Å². The van der Waals surface area contributed by atoms with Gasteiger partial charge in [0, 0.05) is 51.1 Å². The van der Waals surface area contributed by atoms with Crippen molar-refractivity contribution in [3.8, 4) is 0 Å². The summed E-state index contributed by atoms with van der Waals surface area (Å²) in [5.74, 6) is -4.50. The van der Waals surface area contributed by atoms with Crippen LogP contribution in [0.4, 0.5) is 32.2 Å². The van der Waals surface area contributed by atoms with Crippen molar-refractivity contribution in [2.45, 2.75) is 32.1 Å². The third kappa shape index (κ3) is 9.89. The topological polar surface area (TPSA) is 137 Å². The highest BCUT2D eigenvalue weighted by Crippen LogP contribution is 2.23. The van der Waals surface area contributed by atoms with Crippen LogP contribution in [-0.2, 0) is 22.4 Å². The molecule has 3 heterocycles. The van der Waals surface area contributed by atoms with E-state index in [1.807, 2.05) is 18.0 Å². The summed E-state index contributed by atoms with van der Waals surface area (Å²) in [7, 11) is 2.03. The monoisotopic (exact) mass is 539 g/mol. The first-order valence-electron chi connectivity index (χ1n) is 10.4. The van der Waals surface area contributed by atoms with Crippen LogP contribution in [0.25, 0.3) is 0 Å². The third-order valence-corrected chi connectivity index (χ3v) is 4.78. The number of pyridine rings is 1. The summed E-state index contributed by atoms with van der Waals surface area (Å²) in [6.07, 6.45) is -3.71. The van der Waals surface area contributed by atoms with Crippen LogP contribution in [0.2, 0.25) is 0 Å². The molecule has 0 aromatic carbocycles. The SMILES string of the molecule is CCN(C)c1ncnc2c1CCN(C(=O)c1cccnc1)CC2.O=C(O)C(F)(F)F.O=C(O)C(F)(F)F. The summed E-state index contributed by atoms with van der Waals surface area (Å²) in [6, 6.07) is 3.60. The normalized spacial score (nSPS) is 13.0. The Morgan fingerprint density at radius 3 is 2.00 bits per heavy atom. The lowest BCUT2D eigenvalue weighted by molar-refractivity contribution is -0.193. The molecule has 0 unspecified atom stereocenters. The minimum atomic E-state index is -5.08. The highest BCUT2D eigenvalue weighted by atomic mass is 19.4. The Morgan fingerprint density at radius 1 is 1.00 bits per heavy atom. The van der Waals surface area contributed by atoms with Crippen LogP contribution in [-0.4, -0.2) is 86.9 Å². The van der Waals surface area contributed by atoms with Crippen molar-refractivity contribution in [2.75, 3.05) is 31.6 Å². The molecule has 2 N–H and O–H groups in total. The second-order valence-electron chi connectivity index (χ2n) is 7.28. The first-order chi connectivity index (χ1) is 17.1. The van der Waals surface area contributed by atoms with Gasteiger partial charge in [-0.15, -0.1) is 0 Å². The molecular formula is C21H23F6N5O5. The number of alkyl halides is 6. The van der Waals surface area contributed by atoms with E-state index in [9.17, 15) is 31.1 Å². The zero-order valence-corrected chi connectivity index (χ0v) is 19.5. The van der Waals surface area contributed by atoms with E-state index in [0.717, 1.165) is 30.9 Å². The van der Waals surface area contributed by atoms with Crippen molar-refractivity contribution in [3.63, 3.8) is 0 Å². The fourth-order valence-corrected chi connectivity index (χ4v) is 2.86. The fourth-order valence-electron chi connectivity index (χ4n) is 2.86. The van der Waals surface area contributed by atoms with Crippen LogP contribution in [0.5, 0.6) is 0 Å². The molecule has 204 valence electrons. The number of fused-ring (bicyclic) bond motifs is 1. The van der Waals surface area contributed by atoms with Crippen LogP contribution >= 0.6 is 0 Å². The Hall–Kier alpha value is -3.98. The minimum absolute atomic E-state index is 0.0317. The average molecular weight is 539 g/mol. The molecule has 16 heteroatoms. The van der Waals surface area contributed by atoms with Crippen molar-refractivity contribution < 1.29 is 50.9 Å². The highest BCUT2D eigenvalue weighted by Gasteiger charge is 2.38. The maximum atomic E-state index is 12.6. The van der Waals surface area contributed by atoms with Crippen LogP contribution in [0, 0.1) is 0 Å². The number of carboxylic acids is 2. The molecule has 0 saturated heterocycles. The lowest BCUT2D eigenvalue weighted by Gasteiger charge is -2.21. The summed E-state index contributed by atoms with van der Waals surface area (Å²) in [5.41, 5.74) is 2.85. The molecule has 37 heavy (non-hydrogen) atoms. The molecule has 0 spiro atoms. The Morgan fingerprint density at radius 2 is 1.54 bits per heavy atom. The predicted octanol–water partition coefficient (Wildman–Crippen LogP) is 2.84. The number of carbonyl (C=O) groups excluding carboxylic acids is 1. The largest absolute Gasteiger partial charge is 0.490 e. The molecule has 0 atom stereocenters. The summed E-state index contributed by atoms with van der Waals surface area (Å²) < 4.78 is 63.5. The number of rotatable bonds is 3. The van der Waals surface area contributed by atoms with E-state index in [-0.39, 0.29) is 5.91 Å². The van der Waals surface area contributed by atoms with Crippen molar-refractivity contribution >= 4 is 23.7 Å². The zero-order valence-electron chi connectivity index (χ0n) is 19.5. The van der Waals surface area contributed by atoms with Gasteiger partial charge in [-0.25, -0.2) is 19.6 Å². The van der Waals surface area contributed by atoms with E-state index >= 15 is 0 Å². The molecule has 2 aromatic heterocycles. The Labute approximate surface area is 206 Å². The molecule has 0 radical (unpaired) electrons.